The van der Waals surface area contributed by atoms with Crippen LogP contribution in [0.3, 0.4) is 0 Å². The molecule has 0 atom stereocenters. The molecule has 0 bridgehead atoms. The fraction of sp³-hybridized carbons (Fsp3) is 0.438. The van der Waals surface area contributed by atoms with Crippen molar-refractivity contribution in [2.45, 2.75) is 25.7 Å². The maximum atomic E-state index is 4.36. The number of rotatable bonds is 6. The topological polar surface area (TPSA) is 27.6 Å². The van der Waals surface area contributed by atoms with Crippen LogP contribution in [-0.4, -0.2) is 25.8 Å². The van der Waals surface area contributed by atoms with Gasteiger partial charge in [0.25, 0.3) is 0 Å². The maximum Gasteiger partial charge on any atom is 0.0678 e. The first kappa shape index (κ1) is 13.7. The van der Waals surface area contributed by atoms with Crippen LogP contribution in [0.1, 0.15) is 31.2 Å². The molecule has 1 aliphatic heterocycles. The SMILES string of the molecule is C=CCCC(=NNC)c1ccc(N2CCCC2)cc1. The first-order valence-electron chi connectivity index (χ1n) is 7.04. The van der Waals surface area contributed by atoms with Crippen molar-refractivity contribution < 1.29 is 0 Å². The third-order valence-electron chi connectivity index (χ3n) is 3.50. The van der Waals surface area contributed by atoms with Crippen LogP contribution in [-0.2, 0) is 0 Å². The minimum atomic E-state index is 0.924. The molecule has 3 nitrogen and oxygen atoms in total. The molecule has 1 aromatic carbocycles. The van der Waals surface area contributed by atoms with E-state index in [9.17, 15) is 0 Å². The van der Waals surface area contributed by atoms with Gasteiger partial charge in [-0.1, -0.05) is 18.2 Å². The Morgan fingerprint density at radius 1 is 1.32 bits per heavy atom. The van der Waals surface area contributed by atoms with Crippen molar-refractivity contribution in [2.24, 2.45) is 5.10 Å². The van der Waals surface area contributed by atoms with E-state index in [1.54, 1.807) is 0 Å². The van der Waals surface area contributed by atoms with Gasteiger partial charge >= 0.3 is 0 Å². The zero-order valence-corrected chi connectivity index (χ0v) is 11.7. The lowest BCUT2D eigenvalue weighted by molar-refractivity contribution is 0.886. The number of hydrazone groups is 1. The molecule has 1 N–H and O–H groups in total. The second-order valence-corrected chi connectivity index (χ2v) is 4.85. The van der Waals surface area contributed by atoms with Gasteiger partial charge in [-0.3, -0.25) is 0 Å². The van der Waals surface area contributed by atoms with E-state index in [-0.39, 0.29) is 0 Å². The molecule has 0 unspecified atom stereocenters. The summed E-state index contributed by atoms with van der Waals surface area (Å²) in [5.41, 5.74) is 6.50. The summed E-state index contributed by atoms with van der Waals surface area (Å²) in [7, 11) is 1.84. The van der Waals surface area contributed by atoms with Crippen molar-refractivity contribution >= 4 is 11.4 Å². The molecule has 2 rings (SSSR count). The van der Waals surface area contributed by atoms with Gasteiger partial charge in [0.2, 0.25) is 0 Å². The minimum Gasteiger partial charge on any atom is -0.372 e. The zero-order chi connectivity index (χ0) is 13.5. The van der Waals surface area contributed by atoms with Crippen molar-refractivity contribution in [1.82, 2.24) is 5.43 Å². The van der Waals surface area contributed by atoms with E-state index < -0.39 is 0 Å². The molecule has 1 aliphatic rings. The first-order valence-corrected chi connectivity index (χ1v) is 7.04. The van der Waals surface area contributed by atoms with Gasteiger partial charge in [-0.05, 0) is 43.4 Å². The zero-order valence-electron chi connectivity index (χ0n) is 11.7. The number of hydrogen-bond donors (Lipinski definition) is 1. The summed E-state index contributed by atoms with van der Waals surface area (Å²) in [5, 5.41) is 4.36. The maximum absolute atomic E-state index is 4.36. The lowest BCUT2D eigenvalue weighted by Gasteiger charge is -2.18. The Morgan fingerprint density at radius 3 is 2.58 bits per heavy atom. The lowest BCUT2D eigenvalue weighted by atomic mass is 10.1. The van der Waals surface area contributed by atoms with Gasteiger partial charge < -0.3 is 10.3 Å². The van der Waals surface area contributed by atoms with Gasteiger partial charge in [0, 0.05) is 25.8 Å². The molecule has 102 valence electrons. The van der Waals surface area contributed by atoms with E-state index in [4.69, 9.17) is 0 Å². The van der Waals surface area contributed by atoms with Gasteiger partial charge in [0.05, 0.1) is 5.71 Å². The van der Waals surface area contributed by atoms with E-state index >= 15 is 0 Å². The number of nitrogens with zero attached hydrogens (tertiary/aromatic N) is 2. The molecule has 0 radical (unpaired) electrons. The summed E-state index contributed by atoms with van der Waals surface area (Å²) < 4.78 is 0. The second-order valence-electron chi connectivity index (χ2n) is 4.85. The fourth-order valence-electron chi connectivity index (χ4n) is 2.48. The van der Waals surface area contributed by atoms with E-state index in [2.05, 4.69) is 46.3 Å². The number of benzene rings is 1. The van der Waals surface area contributed by atoms with Crippen LogP contribution in [0.2, 0.25) is 0 Å². The Labute approximate surface area is 116 Å². The third kappa shape index (κ3) is 3.60. The van der Waals surface area contributed by atoms with Crippen molar-refractivity contribution in [2.75, 3.05) is 25.0 Å². The van der Waals surface area contributed by atoms with Gasteiger partial charge in [0.1, 0.15) is 0 Å². The van der Waals surface area contributed by atoms with Crippen LogP contribution in [0, 0.1) is 0 Å². The molecule has 1 fully saturated rings. The highest BCUT2D eigenvalue weighted by Gasteiger charge is 2.12. The van der Waals surface area contributed by atoms with Crippen molar-refractivity contribution in [3.05, 3.63) is 42.5 Å². The fourth-order valence-corrected chi connectivity index (χ4v) is 2.48. The van der Waals surface area contributed by atoms with Crippen LogP contribution in [0.15, 0.2) is 42.0 Å². The molecular weight excluding hydrogens is 234 g/mol. The number of nitrogens with one attached hydrogen (secondary N) is 1. The highest BCUT2D eigenvalue weighted by molar-refractivity contribution is 6.00. The Kier molecular flexibility index (Phi) is 5.01. The minimum absolute atomic E-state index is 0.924. The summed E-state index contributed by atoms with van der Waals surface area (Å²) >= 11 is 0. The van der Waals surface area contributed by atoms with Crippen LogP contribution >= 0.6 is 0 Å². The molecule has 19 heavy (non-hydrogen) atoms. The largest absolute Gasteiger partial charge is 0.372 e. The molecule has 3 heteroatoms. The average molecular weight is 257 g/mol. The molecule has 1 aromatic rings. The van der Waals surface area contributed by atoms with Crippen molar-refractivity contribution in [3.8, 4) is 0 Å². The van der Waals surface area contributed by atoms with Crippen molar-refractivity contribution in [3.63, 3.8) is 0 Å². The quantitative estimate of drug-likeness (QED) is 0.481. The van der Waals surface area contributed by atoms with Crippen LogP contribution in [0.5, 0.6) is 0 Å². The Balaban J connectivity index is 2.10. The van der Waals surface area contributed by atoms with Crippen LogP contribution in [0.4, 0.5) is 5.69 Å². The summed E-state index contributed by atoms with van der Waals surface area (Å²) in [6, 6.07) is 8.76. The Hall–Kier alpha value is -1.77. The van der Waals surface area contributed by atoms with E-state index in [0.29, 0.717) is 0 Å². The normalized spacial score (nSPS) is 15.6. The van der Waals surface area contributed by atoms with Crippen LogP contribution in [0.25, 0.3) is 0 Å². The molecule has 0 aromatic heterocycles. The molecule has 0 spiro atoms. The third-order valence-corrected chi connectivity index (χ3v) is 3.50. The number of allylic oxidation sites excluding steroid dienone is 1. The summed E-state index contributed by atoms with van der Waals surface area (Å²) in [4.78, 5) is 2.45. The standard InChI is InChI=1S/C16H23N3/c1-3-4-7-16(18-17-2)14-8-10-15(11-9-14)19-12-5-6-13-19/h3,8-11,17H,1,4-7,12-13H2,2H3. The summed E-state index contributed by atoms with van der Waals surface area (Å²) in [5.74, 6) is 0. The Bertz CT molecular complexity index is 428. The summed E-state index contributed by atoms with van der Waals surface area (Å²) in [6.07, 6.45) is 6.44. The second kappa shape index (κ2) is 6.98. The monoisotopic (exact) mass is 257 g/mol. The Morgan fingerprint density at radius 2 is 2.00 bits per heavy atom. The van der Waals surface area contributed by atoms with E-state index in [1.807, 2.05) is 13.1 Å². The molecule has 1 heterocycles. The van der Waals surface area contributed by atoms with Gasteiger partial charge in [-0.15, -0.1) is 6.58 Å². The lowest BCUT2D eigenvalue weighted by Crippen LogP contribution is -2.17. The van der Waals surface area contributed by atoms with Gasteiger partial charge in [-0.25, -0.2) is 0 Å². The van der Waals surface area contributed by atoms with E-state index in [0.717, 1.165) is 18.6 Å². The smallest absolute Gasteiger partial charge is 0.0678 e. The highest BCUT2D eigenvalue weighted by atomic mass is 15.3. The predicted molar refractivity (Wildman–Crippen MR) is 82.9 cm³/mol. The molecule has 1 saturated heterocycles. The number of anilines is 1. The molecule has 0 amide bonds. The first-order chi connectivity index (χ1) is 9.35. The summed E-state index contributed by atoms with van der Waals surface area (Å²) in [6.45, 7) is 6.15. The van der Waals surface area contributed by atoms with Gasteiger partial charge in [0.15, 0.2) is 0 Å². The van der Waals surface area contributed by atoms with Crippen LogP contribution < -0.4 is 10.3 Å². The van der Waals surface area contributed by atoms with Gasteiger partial charge in [-0.2, -0.15) is 5.10 Å². The highest BCUT2D eigenvalue weighted by Crippen LogP contribution is 2.21. The predicted octanol–water partition coefficient (Wildman–Crippen LogP) is 3.18. The van der Waals surface area contributed by atoms with Crippen molar-refractivity contribution in [1.29, 1.82) is 0 Å². The van der Waals surface area contributed by atoms with E-state index in [1.165, 1.54) is 37.2 Å². The number of hydrogen-bond acceptors (Lipinski definition) is 3. The molecule has 0 aliphatic carbocycles. The molecule has 0 saturated carbocycles. The average Bonchev–Trinajstić information content (AvgIpc) is 2.98. The molecular formula is C16H23N3.